The lowest BCUT2D eigenvalue weighted by Gasteiger charge is -2.32. The van der Waals surface area contributed by atoms with Gasteiger partial charge in [-0.3, -0.25) is 0 Å². The molecule has 1 aromatic heterocycles. The minimum atomic E-state index is -0.395. The van der Waals surface area contributed by atoms with Crippen LogP contribution in [-0.2, 0) is 5.41 Å². The molecule has 0 atom stereocenters. The Hall–Kier alpha value is -6.22. The highest BCUT2D eigenvalue weighted by atomic mass is 32.1. The quantitative estimate of drug-likeness (QED) is 0.181. The average Bonchev–Trinajstić information content (AvgIpc) is 3.82. The van der Waals surface area contributed by atoms with E-state index in [-0.39, 0.29) is 0 Å². The van der Waals surface area contributed by atoms with Gasteiger partial charge in [-0.1, -0.05) is 146 Å². The Bertz CT molecular complexity index is 2750. The van der Waals surface area contributed by atoms with Crippen LogP contribution in [0.5, 0.6) is 0 Å². The minimum Gasteiger partial charge on any atom is -0.310 e. The largest absolute Gasteiger partial charge is 0.310 e. The zero-order valence-electron chi connectivity index (χ0n) is 27.8. The lowest BCUT2D eigenvalue weighted by molar-refractivity contribution is 0.793. The van der Waals surface area contributed by atoms with E-state index >= 15 is 0 Å². The van der Waals surface area contributed by atoms with Crippen molar-refractivity contribution in [3.8, 4) is 33.4 Å². The van der Waals surface area contributed by atoms with Crippen molar-refractivity contribution >= 4 is 48.6 Å². The summed E-state index contributed by atoms with van der Waals surface area (Å²) in [5.74, 6) is 0. The van der Waals surface area contributed by atoms with Crippen molar-refractivity contribution in [3.05, 3.63) is 210 Å². The molecule has 0 fully saturated rings. The molecule has 1 nitrogen and oxygen atoms in total. The normalized spacial score (nSPS) is 13.3. The third-order valence-electron chi connectivity index (χ3n) is 11.1. The Kier molecular flexibility index (Phi) is 6.11. The first-order valence-corrected chi connectivity index (χ1v) is 18.4. The van der Waals surface area contributed by atoms with Crippen LogP contribution in [0.1, 0.15) is 22.3 Å². The van der Waals surface area contributed by atoms with Gasteiger partial charge >= 0.3 is 0 Å². The Morgan fingerprint density at radius 2 is 0.824 bits per heavy atom. The van der Waals surface area contributed by atoms with E-state index in [1.54, 1.807) is 0 Å². The summed E-state index contributed by atoms with van der Waals surface area (Å²) in [6, 6.07) is 69.7. The van der Waals surface area contributed by atoms with E-state index in [1.165, 1.54) is 75.8 Å². The third-order valence-corrected chi connectivity index (χ3v) is 12.2. The van der Waals surface area contributed by atoms with Gasteiger partial charge in [-0.05, 0) is 98.1 Å². The standard InChI is InChI=1S/C49H31NS/c1-2-12-32(13-3-1)33-22-24-34(25-23-33)50(36-27-29-42-41-17-7-11-21-47(41)51-48(42)31-36)35-26-28-40-39-16-6-10-20-45(39)49(46(40)30-35)43-18-8-4-14-37(43)38-15-5-9-19-44(38)49/h1-31H. The van der Waals surface area contributed by atoms with Gasteiger partial charge in [0.25, 0.3) is 0 Å². The van der Waals surface area contributed by atoms with E-state index in [1.807, 2.05) is 11.3 Å². The summed E-state index contributed by atoms with van der Waals surface area (Å²) in [5, 5.41) is 2.62. The van der Waals surface area contributed by atoms with Crippen molar-refractivity contribution in [2.75, 3.05) is 4.90 Å². The smallest absolute Gasteiger partial charge is 0.0726 e. The summed E-state index contributed by atoms with van der Waals surface area (Å²) >= 11 is 1.87. The van der Waals surface area contributed by atoms with Crippen molar-refractivity contribution in [3.63, 3.8) is 0 Å². The number of rotatable bonds is 4. The molecule has 0 amide bonds. The predicted molar refractivity (Wildman–Crippen MR) is 216 cm³/mol. The zero-order chi connectivity index (χ0) is 33.5. The topological polar surface area (TPSA) is 3.24 Å². The number of thiophene rings is 1. The van der Waals surface area contributed by atoms with Crippen LogP contribution >= 0.6 is 11.3 Å². The summed E-state index contributed by atoms with van der Waals surface area (Å²) in [4.78, 5) is 2.45. The molecule has 8 aromatic carbocycles. The van der Waals surface area contributed by atoms with Crippen molar-refractivity contribution in [1.82, 2.24) is 0 Å². The summed E-state index contributed by atoms with van der Waals surface area (Å²) in [7, 11) is 0. The van der Waals surface area contributed by atoms with Crippen LogP contribution in [0.2, 0.25) is 0 Å². The lowest BCUT2D eigenvalue weighted by Crippen LogP contribution is -2.26. The zero-order valence-corrected chi connectivity index (χ0v) is 28.6. The van der Waals surface area contributed by atoms with Gasteiger partial charge in [-0.15, -0.1) is 11.3 Å². The van der Waals surface area contributed by atoms with E-state index in [0.29, 0.717) is 0 Å². The first-order chi connectivity index (χ1) is 25.3. The molecule has 1 heterocycles. The van der Waals surface area contributed by atoms with Crippen molar-refractivity contribution < 1.29 is 0 Å². The second kappa shape index (κ2) is 10.9. The highest BCUT2D eigenvalue weighted by Crippen LogP contribution is 2.63. The van der Waals surface area contributed by atoms with Crippen LogP contribution in [-0.4, -0.2) is 0 Å². The number of anilines is 3. The van der Waals surface area contributed by atoms with Gasteiger partial charge in [0.1, 0.15) is 0 Å². The van der Waals surface area contributed by atoms with Crippen molar-refractivity contribution in [1.29, 1.82) is 0 Å². The molecule has 9 aromatic rings. The number of nitrogens with zero attached hydrogens (tertiary/aromatic N) is 1. The Morgan fingerprint density at radius 1 is 0.333 bits per heavy atom. The molecule has 51 heavy (non-hydrogen) atoms. The van der Waals surface area contributed by atoms with Crippen LogP contribution in [0.25, 0.3) is 53.6 Å². The first-order valence-electron chi connectivity index (χ1n) is 17.6. The monoisotopic (exact) mass is 665 g/mol. The summed E-state index contributed by atoms with van der Waals surface area (Å²) in [6.07, 6.45) is 0. The Balaban J connectivity index is 1.16. The third kappa shape index (κ3) is 4.03. The van der Waals surface area contributed by atoms with Gasteiger partial charge in [-0.2, -0.15) is 0 Å². The molecule has 11 rings (SSSR count). The summed E-state index contributed by atoms with van der Waals surface area (Å²) in [5.41, 5.74) is 16.2. The van der Waals surface area contributed by atoms with Crippen LogP contribution in [0.4, 0.5) is 17.1 Å². The highest BCUT2D eigenvalue weighted by Gasteiger charge is 2.51. The van der Waals surface area contributed by atoms with Crippen LogP contribution in [0, 0.1) is 0 Å². The van der Waals surface area contributed by atoms with E-state index in [2.05, 4.69) is 193 Å². The maximum atomic E-state index is 2.48. The molecule has 0 aliphatic heterocycles. The molecule has 2 aliphatic carbocycles. The molecule has 0 unspecified atom stereocenters. The number of hydrogen-bond donors (Lipinski definition) is 0. The molecule has 238 valence electrons. The van der Waals surface area contributed by atoms with E-state index < -0.39 is 5.41 Å². The molecule has 0 N–H and O–H groups in total. The Morgan fingerprint density at radius 3 is 1.51 bits per heavy atom. The summed E-state index contributed by atoms with van der Waals surface area (Å²) < 4.78 is 2.61. The second-order valence-electron chi connectivity index (χ2n) is 13.6. The maximum Gasteiger partial charge on any atom is 0.0726 e. The lowest BCUT2D eigenvalue weighted by atomic mass is 9.70. The molecule has 0 saturated heterocycles. The predicted octanol–water partition coefficient (Wildman–Crippen LogP) is 13.5. The fourth-order valence-electron chi connectivity index (χ4n) is 8.96. The molecule has 1 spiro atoms. The molecular formula is C49H31NS. The minimum absolute atomic E-state index is 0.395. The molecule has 0 bridgehead atoms. The fourth-order valence-corrected chi connectivity index (χ4v) is 10.1. The fraction of sp³-hybridized carbons (Fsp3) is 0.0204. The van der Waals surface area contributed by atoms with Crippen molar-refractivity contribution in [2.24, 2.45) is 0 Å². The Labute approximate surface area is 301 Å². The first kappa shape index (κ1) is 28.6. The maximum absolute atomic E-state index is 2.48. The van der Waals surface area contributed by atoms with Crippen LogP contribution in [0.15, 0.2) is 188 Å². The van der Waals surface area contributed by atoms with E-state index in [9.17, 15) is 0 Å². The van der Waals surface area contributed by atoms with Gasteiger partial charge in [-0.25, -0.2) is 0 Å². The van der Waals surface area contributed by atoms with Gasteiger partial charge in [0.05, 0.1) is 5.41 Å². The molecule has 2 aliphatic rings. The van der Waals surface area contributed by atoms with Gasteiger partial charge in [0.15, 0.2) is 0 Å². The van der Waals surface area contributed by atoms with E-state index in [4.69, 9.17) is 0 Å². The summed E-state index contributed by atoms with van der Waals surface area (Å²) in [6.45, 7) is 0. The number of fused-ring (bicyclic) bond motifs is 13. The average molecular weight is 666 g/mol. The van der Waals surface area contributed by atoms with Crippen LogP contribution < -0.4 is 4.90 Å². The molecule has 0 radical (unpaired) electrons. The van der Waals surface area contributed by atoms with E-state index in [0.717, 1.165) is 17.1 Å². The molecule has 0 saturated carbocycles. The molecule has 2 heteroatoms. The van der Waals surface area contributed by atoms with Crippen molar-refractivity contribution in [2.45, 2.75) is 5.41 Å². The van der Waals surface area contributed by atoms with Gasteiger partial charge in [0, 0.05) is 37.2 Å². The van der Waals surface area contributed by atoms with Gasteiger partial charge < -0.3 is 4.90 Å². The SMILES string of the molecule is c1ccc(-c2ccc(N(c3ccc4c(c3)C3(c5ccccc5-c5ccccc53)c3ccccc3-4)c3ccc4c(c3)sc3ccccc34)cc2)cc1. The number of benzene rings is 8. The number of hydrogen-bond acceptors (Lipinski definition) is 2. The van der Waals surface area contributed by atoms with Gasteiger partial charge in [0.2, 0.25) is 0 Å². The van der Waals surface area contributed by atoms with Crippen LogP contribution in [0.3, 0.4) is 0 Å². The highest BCUT2D eigenvalue weighted by molar-refractivity contribution is 7.25. The molecular weight excluding hydrogens is 635 g/mol. The second-order valence-corrected chi connectivity index (χ2v) is 14.7.